The summed E-state index contributed by atoms with van der Waals surface area (Å²) in [6.45, 7) is 9.06. The molecular weight excluding hydrogens is 455 g/mol. The Hall–Kier alpha value is -4.58. The minimum Gasteiger partial charge on any atom is -0.476 e. The number of halogens is 1. The Kier molecular flexibility index (Phi) is 9.65. The number of hydrogen-bond acceptors (Lipinski definition) is 4. The molecule has 0 atom stereocenters. The third-order valence-corrected chi connectivity index (χ3v) is 5.00. The number of carbonyl (C=O) groups excluding carboxylic acids is 1. The highest BCUT2D eigenvalue weighted by atomic mass is 19.1. The van der Waals surface area contributed by atoms with Gasteiger partial charge in [0.2, 0.25) is 0 Å². The molecule has 3 rings (SSSR count). The van der Waals surface area contributed by atoms with Gasteiger partial charge in [-0.15, -0.1) is 0 Å². The van der Waals surface area contributed by atoms with Crippen LogP contribution in [0.1, 0.15) is 38.9 Å². The molecule has 0 amide bonds. The van der Waals surface area contributed by atoms with Crippen molar-refractivity contribution < 1.29 is 23.4 Å². The van der Waals surface area contributed by atoms with E-state index in [9.17, 15) is 9.18 Å². The van der Waals surface area contributed by atoms with Crippen LogP contribution in [0.5, 0.6) is 0 Å². The van der Waals surface area contributed by atoms with Crippen LogP contribution >= 0.6 is 0 Å². The lowest BCUT2D eigenvalue weighted by atomic mass is 10.0. The molecule has 0 saturated carbocycles. The molecule has 0 saturated heterocycles. The van der Waals surface area contributed by atoms with Gasteiger partial charge in [-0.1, -0.05) is 55.0 Å². The van der Waals surface area contributed by atoms with Crippen LogP contribution in [0.25, 0.3) is 0 Å². The summed E-state index contributed by atoms with van der Waals surface area (Å²) in [4.78, 5) is 11.2. The average molecular weight is 481 g/mol. The molecule has 0 aliphatic rings. The van der Waals surface area contributed by atoms with Crippen molar-refractivity contribution in [1.82, 2.24) is 0 Å². The Morgan fingerprint density at radius 3 is 2.25 bits per heavy atom. The lowest BCUT2D eigenvalue weighted by molar-refractivity contribution is -0.138. The average Bonchev–Trinajstić information content (AvgIpc) is 2.89. The quantitative estimate of drug-likeness (QED) is 0.102. The van der Waals surface area contributed by atoms with Crippen LogP contribution in [0.3, 0.4) is 0 Å². The van der Waals surface area contributed by atoms with Gasteiger partial charge in [0.25, 0.3) is 0 Å². The van der Waals surface area contributed by atoms with E-state index in [0.717, 1.165) is 33.9 Å². The van der Waals surface area contributed by atoms with Gasteiger partial charge in [0, 0.05) is 33.9 Å². The van der Waals surface area contributed by atoms with E-state index >= 15 is 0 Å². The molecule has 36 heavy (non-hydrogen) atoms. The molecule has 0 N–H and O–H groups in total. The van der Waals surface area contributed by atoms with Crippen molar-refractivity contribution in [3.05, 3.63) is 131 Å². The van der Waals surface area contributed by atoms with Crippen molar-refractivity contribution >= 4 is 5.97 Å². The van der Waals surface area contributed by atoms with Crippen LogP contribution in [-0.4, -0.2) is 12.8 Å². The summed E-state index contributed by atoms with van der Waals surface area (Å²) in [5.41, 5.74) is 5.39. The maximum absolute atomic E-state index is 14.3. The zero-order chi connectivity index (χ0) is 25.8. The van der Waals surface area contributed by atoms with Crippen molar-refractivity contribution in [2.75, 3.05) is 6.79 Å². The minimum atomic E-state index is -0.455. The van der Waals surface area contributed by atoms with Gasteiger partial charge in [0.15, 0.2) is 6.79 Å². The molecule has 0 aromatic heterocycles. The second-order valence-electron chi connectivity index (χ2n) is 7.64. The SMILES string of the molecule is C=COCOCc1ccc(C#Cc2ccc(C#Cc3ccc(COC(=O)C=C)cc3)cc2C)cc1F. The molecule has 0 heterocycles. The first-order valence-electron chi connectivity index (χ1n) is 11.1. The molecule has 0 spiro atoms. The van der Waals surface area contributed by atoms with E-state index in [2.05, 4.69) is 36.8 Å². The molecule has 0 aliphatic heterocycles. The normalized spacial score (nSPS) is 9.72. The summed E-state index contributed by atoms with van der Waals surface area (Å²) >= 11 is 0. The summed E-state index contributed by atoms with van der Waals surface area (Å²) in [5, 5.41) is 0. The highest BCUT2D eigenvalue weighted by Gasteiger charge is 2.03. The van der Waals surface area contributed by atoms with Crippen molar-refractivity contribution in [1.29, 1.82) is 0 Å². The first-order valence-corrected chi connectivity index (χ1v) is 11.1. The van der Waals surface area contributed by atoms with E-state index in [0.29, 0.717) is 11.1 Å². The number of rotatable bonds is 8. The molecule has 0 bridgehead atoms. The second-order valence-corrected chi connectivity index (χ2v) is 7.64. The van der Waals surface area contributed by atoms with Crippen molar-refractivity contribution in [3.8, 4) is 23.7 Å². The molecule has 180 valence electrons. The Labute approximate surface area is 211 Å². The maximum Gasteiger partial charge on any atom is 0.330 e. The van der Waals surface area contributed by atoms with Gasteiger partial charge in [0.05, 0.1) is 12.9 Å². The molecule has 0 unspecified atom stereocenters. The Morgan fingerprint density at radius 2 is 1.56 bits per heavy atom. The van der Waals surface area contributed by atoms with Gasteiger partial charge in [0.1, 0.15) is 12.4 Å². The zero-order valence-corrected chi connectivity index (χ0v) is 20.0. The third-order valence-electron chi connectivity index (χ3n) is 5.00. The predicted molar refractivity (Wildman–Crippen MR) is 137 cm³/mol. The van der Waals surface area contributed by atoms with Crippen LogP contribution in [-0.2, 0) is 32.2 Å². The number of esters is 1. The highest BCUT2D eigenvalue weighted by molar-refractivity contribution is 5.81. The third kappa shape index (κ3) is 8.02. The van der Waals surface area contributed by atoms with Crippen LogP contribution in [0.2, 0.25) is 0 Å². The molecular formula is C31H25FO4. The van der Waals surface area contributed by atoms with Gasteiger partial charge in [-0.25, -0.2) is 9.18 Å². The number of carbonyl (C=O) groups is 1. The van der Waals surface area contributed by atoms with Crippen LogP contribution in [0.15, 0.2) is 86.2 Å². The first kappa shape index (κ1) is 26.0. The molecule has 4 nitrogen and oxygen atoms in total. The maximum atomic E-state index is 14.3. The largest absolute Gasteiger partial charge is 0.476 e. The fourth-order valence-electron chi connectivity index (χ4n) is 3.05. The van der Waals surface area contributed by atoms with E-state index < -0.39 is 5.97 Å². The van der Waals surface area contributed by atoms with Crippen LogP contribution in [0, 0.1) is 36.4 Å². The van der Waals surface area contributed by atoms with E-state index in [-0.39, 0.29) is 25.8 Å². The van der Waals surface area contributed by atoms with E-state index in [1.165, 1.54) is 12.3 Å². The van der Waals surface area contributed by atoms with Gasteiger partial charge < -0.3 is 14.2 Å². The van der Waals surface area contributed by atoms with Crippen molar-refractivity contribution in [3.63, 3.8) is 0 Å². The second kappa shape index (κ2) is 13.3. The molecule has 0 radical (unpaired) electrons. The molecule has 0 fully saturated rings. The summed E-state index contributed by atoms with van der Waals surface area (Å²) < 4.78 is 29.4. The summed E-state index contributed by atoms with van der Waals surface area (Å²) in [6.07, 6.45) is 2.40. The fourth-order valence-corrected chi connectivity index (χ4v) is 3.05. The monoisotopic (exact) mass is 480 g/mol. The van der Waals surface area contributed by atoms with Gasteiger partial charge in [-0.2, -0.15) is 0 Å². The lowest BCUT2D eigenvalue weighted by Crippen LogP contribution is -1.99. The Morgan fingerprint density at radius 1 is 0.889 bits per heavy atom. The Bertz CT molecular complexity index is 1370. The minimum absolute atomic E-state index is 0.0193. The fraction of sp³-hybridized carbons (Fsp3) is 0.129. The first-order chi connectivity index (χ1) is 17.5. The summed E-state index contributed by atoms with van der Waals surface area (Å²) in [7, 11) is 0. The number of hydrogen-bond donors (Lipinski definition) is 0. The van der Waals surface area contributed by atoms with Gasteiger partial charge in [-0.3, -0.25) is 0 Å². The van der Waals surface area contributed by atoms with E-state index in [1.807, 2.05) is 49.4 Å². The van der Waals surface area contributed by atoms with Gasteiger partial charge in [-0.05, 0) is 60.5 Å². The number of aryl methyl sites for hydroxylation is 1. The summed E-state index contributed by atoms with van der Waals surface area (Å²) in [6, 6.07) is 18.1. The number of benzene rings is 3. The molecule has 3 aromatic carbocycles. The van der Waals surface area contributed by atoms with E-state index in [1.54, 1.807) is 12.1 Å². The van der Waals surface area contributed by atoms with Gasteiger partial charge >= 0.3 is 5.97 Å². The van der Waals surface area contributed by atoms with Crippen molar-refractivity contribution in [2.24, 2.45) is 0 Å². The molecule has 3 aromatic rings. The zero-order valence-electron chi connectivity index (χ0n) is 20.0. The van der Waals surface area contributed by atoms with Crippen LogP contribution in [0.4, 0.5) is 4.39 Å². The van der Waals surface area contributed by atoms with Crippen molar-refractivity contribution in [2.45, 2.75) is 20.1 Å². The Balaban J connectivity index is 1.63. The predicted octanol–water partition coefficient (Wildman–Crippen LogP) is 5.80. The molecule has 0 aliphatic carbocycles. The van der Waals surface area contributed by atoms with Crippen LogP contribution < -0.4 is 0 Å². The summed E-state index contributed by atoms with van der Waals surface area (Å²) in [5.74, 6) is 11.5. The molecule has 5 heteroatoms. The lowest BCUT2D eigenvalue weighted by Gasteiger charge is -2.05. The van der Waals surface area contributed by atoms with E-state index in [4.69, 9.17) is 14.2 Å². The highest BCUT2D eigenvalue weighted by Crippen LogP contribution is 2.13. The smallest absolute Gasteiger partial charge is 0.330 e. The number of ether oxygens (including phenoxy) is 3. The topological polar surface area (TPSA) is 44.8 Å². The standard InChI is InChI=1S/C31H25FO4/c1-4-31(33)36-20-27-10-7-24(8-11-27)6-9-25-12-15-28(23(3)18-25)16-13-26-14-17-29(30(32)19-26)21-35-22-34-5-2/h4-5,7-8,10-12,14-15,17-19H,1-2,20-22H2,3H3.